The Morgan fingerprint density at radius 3 is 2.50 bits per heavy atom. The third-order valence-electron chi connectivity index (χ3n) is 1.66. The van der Waals surface area contributed by atoms with Crippen LogP contribution in [0, 0.1) is 5.82 Å². The van der Waals surface area contributed by atoms with Crippen molar-refractivity contribution in [3.05, 3.63) is 29.6 Å². The van der Waals surface area contributed by atoms with Gasteiger partial charge < -0.3 is 5.73 Å². The van der Waals surface area contributed by atoms with Gasteiger partial charge in [-0.05, 0) is 18.2 Å². The first-order chi connectivity index (χ1) is 7.34. The molecule has 1 aromatic carbocycles. The highest BCUT2D eigenvalue weighted by Crippen LogP contribution is 2.36. The summed E-state index contributed by atoms with van der Waals surface area (Å²) in [6, 6.07) is 2.13. The largest absolute Gasteiger partial charge is 0.418 e. The van der Waals surface area contributed by atoms with Gasteiger partial charge in [-0.1, -0.05) is 0 Å². The molecule has 0 heterocycles. The lowest BCUT2D eigenvalue weighted by Gasteiger charge is -2.10. The first-order valence-electron chi connectivity index (χ1n) is 4.10. The van der Waals surface area contributed by atoms with E-state index >= 15 is 0 Å². The molecule has 0 aliphatic carbocycles. The van der Waals surface area contributed by atoms with Gasteiger partial charge in [-0.15, -0.1) is 11.6 Å². The van der Waals surface area contributed by atoms with Crippen LogP contribution in [0.15, 0.2) is 23.2 Å². The fourth-order valence-electron chi connectivity index (χ4n) is 1.02. The summed E-state index contributed by atoms with van der Waals surface area (Å²) < 4.78 is 50.1. The Balaban J connectivity index is 3.29. The summed E-state index contributed by atoms with van der Waals surface area (Å²) in [5.74, 6) is -1.36. The average Bonchev–Trinajstić information content (AvgIpc) is 2.19. The maximum absolute atomic E-state index is 12.7. The number of hydrogen-bond acceptors (Lipinski definition) is 1. The van der Waals surface area contributed by atoms with Gasteiger partial charge in [-0.2, -0.15) is 13.2 Å². The predicted octanol–water partition coefficient (Wildman–Crippen LogP) is 3.07. The fraction of sp³-hybridized carbons (Fsp3) is 0.222. The normalized spacial score (nSPS) is 12.9. The molecule has 0 fully saturated rings. The number of nitrogens with zero attached hydrogens (tertiary/aromatic N) is 1. The van der Waals surface area contributed by atoms with Crippen molar-refractivity contribution >= 4 is 23.1 Å². The summed E-state index contributed by atoms with van der Waals surface area (Å²) >= 11 is 5.29. The van der Waals surface area contributed by atoms with Gasteiger partial charge in [-0.3, -0.25) is 0 Å². The molecular formula is C9H7ClF4N2. The number of benzene rings is 1. The topological polar surface area (TPSA) is 38.4 Å². The van der Waals surface area contributed by atoms with Crippen molar-refractivity contribution < 1.29 is 17.6 Å². The summed E-state index contributed by atoms with van der Waals surface area (Å²) in [6.07, 6.45) is -4.69. The Bertz CT molecular complexity index is 414. The zero-order valence-electron chi connectivity index (χ0n) is 7.85. The molecule has 0 unspecified atom stereocenters. The summed E-state index contributed by atoms with van der Waals surface area (Å²) in [7, 11) is 0. The smallest absolute Gasteiger partial charge is 0.386 e. The highest BCUT2D eigenvalue weighted by atomic mass is 35.5. The van der Waals surface area contributed by atoms with Crippen molar-refractivity contribution in [2.45, 2.75) is 6.18 Å². The van der Waals surface area contributed by atoms with Crippen molar-refractivity contribution in [1.29, 1.82) is 0 Å². The van der Waals surface area contributed by atoms with Crippen molar-refractivity contribution in [3.8, 4) is 0 Å². The first-order valence-corrected chi connectivity index (χ1v) is 4.64. The first kappa shape index (κ1) is 12.8. The molecule has 0 aromatic heterocycles. The highest BCUT2D eigenvalue weighted by Gasteiger charge is 2.34. The van der Waals surface area contributed by atoms with Crippen LogP contribution in [0.3, 0.4) is 0 Å². The van der Waals surface area contributed by atoms with Gasteiger partial charge in [-0.25, -0.2) is 9.38 Å². The number of amidine groups is 1. The minimum absolute atomic E-state index is 0.168. The molecule has 16 heavy (non-hydrogen) atoms. The van der Waals surface area contributed by atoms with Gasteiger partial charge in [0.25, 0.3) is 0 Å². The van der Waals surface area contributed by atoms with E-state index in [1.165, 1.54) is 0 Å². The van der Waals surface area contributed by atoms with E-state index in [2.05, 4.69) is 4.99 Å². The van der Waals surface area contributed by atoms with E-state index in [0.717, 1.165) is 12.1 Å². The molecule has 0 amide bonds. The monoisotopic (exact) mass is 254 g/mol. The predicted molar refractivity (Wildman–Crippen MR) is 53.4 cm³/mol. The van der Waals surface area contributed by atoms with E-state index in [1.807, 2.05) is 0 Å². The molecule has 2 N–H and O–H groups in total. The second-order valence-corrected chi connectivity index (χ2v) is 3.16. The molecule has 0 radical (unpaired) electrons. The molecule has 1 rings (SSSR count). The number of halogens is 5. The molecule has 88 valence electrons. The van der Waals surface area contributed by atoms with E-state index < -0.39 is 23.2 Å². The fourth-order valence-corrected chi connectivity index (χ4v) is 1.08. The Morgan fingerprint density at radius 2 is 2.00 bits per heavy atom. The van der Waals surface area contributed by atoms with E-state index in [4.69, 9.17) is 17.3 Å². The molecule has 1 aromatic rings. The average molecular weight is 255 g/mol. The minimum Gasteiger partial charge on any atom is -0.386 e. The zero-order valence-corrected chi connectivity index (χ0v) is 8.61. The van der Waals surface area contributed by atoms with Gasteiger partial charge in [0.1, 0.15) is 11.7 Å². The van der Waals surface area contributed by atoms with Crippen LogP contribution in [0.2, 0.25) is 0 Å². The maximum Gasteiger partial charge on any atom is 0.418 e. The highest BCUT2D eigenvalue weighted by molar-refractivity contribution is 6.28. The third-order valence-corrected chi connectivity index (χ3v) is 1.94. The van der Waals surface area contributed by atoms with Crippen molar-refractivity contribution in [1.82, 2.24) is 0 Å². The maximum atomic E-state index is 12.7. The lowest BCUT2D eigenvalue weighted by Crippen LogP contribution is -2.13. The van der Waals surface area contributed by atoms with Crippen molar-refractivity contribution in [2.75, 3.05) is 5.88 Å². The Labute approximate surface area is 93.7 Å². The third kappa shape index (κ3) is 3.10. The van der Waals surface area contributed by atoms with Crippen molar-refractivity contribution in [3.63, 3.8) is 0 Å². The summed E-state index contributed by atoms with van der Waals surface area (Å²) in [6.45, 7) is 0. The summed E-state index contributed by atoms with van der Waals surface area (Å²) in [5, 5.41) is 0. The van der Waals surface area contributed by atoms with Gasteiger partial charge in [0.2, 0.25) is 0 Å². The Morgan fingerprint density at radius 1 is 1.38 bits per heavy atom. The molecular weight excluding hydrogens is 248 g/mol. The van der Waals surface area contributed by atoms with Gasteiger partial charge in [0.05, 0.1) is 17.1 Å². The number of aliphatic imine (C=N–C) groups is 1. The Kier molecular flexibility index (Phi) is 3.74. The second-order valence-electron chi connectivity index (χ2n) is 2.90. The van der Waals surface area contributed by atoms with Crippen molar-refractivity contribution in [2.24, 2.45) is 10.7 Å². The molecule has 7 heteroatoms. The van der Waals surface area contributed by atoms with E-state index in [1.54, 1.807) is 0 Å². The Hall–Kier alpha value is -1.30. The van der Waals surface area contributed by atoms with Crippen LogP contribution in [0.1, 0.15) is 5.56 Å². The molecule has 0 saturated carbocycles. The molecule has 0 aliphatic heterocycles. The van der Waals surface area contributed by atoms with Crippen LogP contribution in [0.4, 0.5) is 23.2 Å². The van der Waals surface area contributed by atoms with Crippen LogP contribution in [0.25, 0.3) is 0 Å². The number of rotatable bonds is 2. The van der Waals surface area contributed by atoms with Crippen LogP contribution in [-0.2, 0) is 6.18 Å². The molecule has 0 bridgehead atoms. The SMILES string of the molecule is NC(CCl)=Nc1ccc(F)cc1C(F)(F)F. The number of hydrogen-bond donors (Lipinski definition) is 1. The van der Waals surface area contributed by atoms with Gasteiger partial charge >= 0.3 is 6.18 Å². The van der Waals surface area contributed by atoms with Gasteiger partial charge in [0.15, 0.2) is 0 Å². The van der Waals surface area contributed by atoms with Gasteiger partial charge in [0, 0.05) is 0 Å². The molecule has 0 saturated heterocycles. The molecule has 0 atom stereocenters. The van der Waals surface area contributed by atoms with Crippen LogP contribution in [-0.4, -0.2) is 11.7 Å². The number of alkyl halides is 4. The quantitative estimate of drug-likeness (QED) is 0.375. The van der Waals surface area contributed by atoms with E-state index in [-0.39, 0.29) is 11.7 Å². The van der Waals surface area contributed by atoms with Crippen LogP contribution >= 0.6 is 11.6 Å². The molecule has 2 nitrogen and oxygen atoms in total. The second kappa shape index (κ2) is 4.69. The van der Waals surface area contributed by atoms with E-state index in [9.17, 15) is 17.6 Å². The zero-order chi connectivity index (χ0) is 12.3. The molecule has 0 aliphatic rings. The van der Waals surface area contributed by atoms with E-state index in [0.29, 0.717) is 6.07 Å². The molecule has 0 spiro atoms. The standard InChI is InChI=1S/C9H7ClF4N2/c10-4-8(15)16-7-2-1-5(11)3-6(7)9(12,13)14/h1-3H,4H2,(H2,15,16). The van der Waals surface area contributed by atoms with Crippen LogP contribution < -0.4 is 5.73 Å². The lowest BCUT2D eigenvalue weighted by atomic mass is 10.1. The van der Waals surface area contributed by atoms with Crippen LogP contribution in [0.5, 0.6) is 0 Å². The number of nitrogens with two attached hydrogens (primary N) is 1. The lowest BCUT2D eigenvalue weighted by molar-refractivity contribution is -0.137. The summed E-state index contributed by atoms with van der Waals surface area (Å²) in [4.78, 5) is 3.46. The minimum atomic E-state index is -4.69. The summed E-state index contributed by atoms with van der Waals surface area (Å²) in [5.41, 5.74) is 3.58.